The topological polar surface area (TPSA) is 20.2 Å². The van der Waals surface area contributed by atoms with Gasteiger partial charge in [-0.1, -0.05) is 73.1 Å². The van der Waals surface area contributed by atoms with Crippen molar-refractivity contribution in [3.05, 3.63) is 34.9 Å². The number of aliphatic hydroxyl groups is 1. The van der Waals surface area contributed by atoms with Crippen LogP contribution >= 0.6 is 0 Å². The quantitative estimate of drug-likeness (QED) is 0.787. The summed E-state index contributed by atoms with van der Waals surface area (Å²) in [6.07, 6.45) is 3.19. The lowest BCUT2D eigenvalue weighted by atomic mass is 9.72. The third-order valence-electron chi connectivity index (χ3n) is 4.37. The van der Waals surface area contributed by atoms with Crippen LogP contribution in [0, 0.1) is 5.92 Å². The summed E-state index contributed by atoms with van der Waals surface area (Å²) in [5.41, 5.74) is 4.75. The van der Waals surface area contributed by atoms with Gasteiger partial charge in [0.1, 0.15) is 0 Å². The van der Waals surface area contributed by atoms with Gasteiger partial charge in [0.25, 0.3) is 0 Å². The van der Waals surface area contributed by atoms with Gasteiger partial charge in [0.05, 0.1) is 0 Å². The second-order valence-corrected chi connectivity index (χ2v) is 8.34. The standard InChI is InChI=1S/C20H34O/c1-8-15(14-21)12-13-16-10-9-11-17(19(2,3)4)18(16)20(5,6)7/h9-11,15,21H,8,12-14H2,1-7H3. The molecule has 120 valence electrons. The smallest absolute Gasteiger partial charge is 0.0459 e. The van der Waals surface area contributed by atoms with Crippen molar-refractivity contribution in [3.63, 3.8) is 0 Å². The van der Waals surface area contributed by atoms with Crippen LogP contribution in [-0.2, 0) is 17.3 Å². The number of hydrogen-bond donors (Lipinski definition) is 1. The Labute approximate surface area is 131 Å². The molecule has 0 bridgehead atoms. The van der Waals surface area contributed by atoms with Crippen LogP contribution in [0.1, 0.15) is 78.0 Å². The number of benzene rings is 1. The van der Waals surface area contributed by atoms with Crippen molar-refractivity contribution in [2.24, 2.45) is 5.92 Å². The van der Waals surface area contributed by atoms with E-state index in [2.05, 4.69) is 66.7 Å². The lowest BCUT2D eigenvalue weighted by Gasteiger charge is -2.32. The fourth-order valence-corrected chi connectivity index (χ4v) is 3.10. The third kappa shape index (κ3) is 4.85. The summed E-state index contributed by atoms with van der Waals surface area (Å²) in [5, 5.41) is 9.42. The van der Waals surface area contributed by atoms with Crippen molar-refractivity contribution < 1.29 is 5.11 Å². The molecular formula is C20H34O. The first kappa shape index (κ1) is 18.2. The molecule has 0 fully saturated rings. The molecule has 1 aromatic carbocycles. The van der Waals surface area contributed by atoms with Gasteiger partial charge in [-0.2, -0.15) is 0 Å². The fraction of sp³-hybridized carbons (Fsp3) is 0.700. The van der Waals surface area contributed by atoms with Crippen LogP contribution in [-0.4, -0.2) is 11.7 Å². The molecule has 0 amide bonds. The van der Waals surface area contributed by atoms with E-state index in [0.717, 1.165) is 19.3 Å². The average molecular weight is 290 g/mol. The predicted octanol–water partition coefficient (Wildman–Crippen LogP) is 5.23. The maximum absolute atomic E-state index is 9.42. The van der Waals surface area contributed by atoms with Gasteiger partial charge in [-0.25, -0.2) is 0 Å². The van der Waals surface area contributed by atoms with Crippen molar-refractivity contribution in [2.45, 2.75) is 78.6 Å². The fourth-order valence-electron chi connectivity index (χ4n) is 3.10. The molecule has 1 nitrogen and oxygen atoms in total. The monoisotopic (exact) mass is 290 g/mol. The molecular weight excluding hydrogens is 256 g/mol. The molecule has 1 atom stereocenters. The van der Waals surface area contributed by atoms with Crippen molar-refractivity contribution in [2.75, 3.05) is 6.61 Å². The van der Waals surface area contributed by atoms with E-state index >= 15 is 0 Å². The molecule has 0 saturated carbocycles. The Morgan fingerprint density at radius 2 is 1.62 bits per heavy atom. The first-order valence-corrected chi connectivity index (χ1v) is 8.35. The molecule has 1 heteroatoms. The SMILES string of the molecule is CCC(CO)CCc1cccc(C(C)(C)C)c1C(C)(C)C. The highest BCUT2D eigenvalue weighted by molar-refractivity contribution is 5.43. The maximum Gasteiger partial charge on any atom is 0.0459 e. The van der Waals surface area contributed by atoms with E-state index in [9.17, 15) is 5.11 Å². The summed E-state index contributed by atoms with van der Waals surface area (Å²) in [6, 6.07) is 6.76. The van der Waals surface area contributed by atoms with E-state index in [4.69, 9.17) is 0 Å². The van der Waals surface area contributed by atoms with E-state index in [1.807, 2.05) is 0 Å². The van der Waals surface area contributed by atoms with Crippen molar-refractivity contribution in [1.29, 1.82) is 0 Å². The lowest BCUT2D eigenvalue weighted by Crippen LogP contribution is -2.24. The number of aryl methyl sites for hydroxylation is 1. The molecule has 0 saturated heterocycles. The minimum absolute atomic E-state index is 0.153. The van der Waals surface area contributed by atoms with Crippen LogP contribution in [0.3, 0.4) is 0 Å². The van der Waals surface area contributed by atoms with Gasteiger partial charge < -0.3 is 5.11 Å². The van der Waals surface area contributed by atoms with Crippen LogP contribution in [0.15, 0.2) is 18.2 Å². The first-order chi connectivity index (χ1) is 9.61. The van der Waals surface area contributed by atoms with Crippen LogP contribution in [0.4, 0.5) is 0 Å². The van der Waals surface area contributed by atoms with E-state index in [-0.39, 0.29) is 10.8 Å². The highest BCUT2D eigenvalue weighted by Gasteiger charge is 2.27. The zero-order valence-electron chi connectivity index (χ0n) is 15.1. The van der Waals surface area contributed by atoms with Crippen LogP contribution in [0.5, 0.6) is 0 Å². The summed E-state index contributed by atoms with van der Waals surface area (Å²) < 4.78 is 0. The number of aliphatic hydroxyl groups excluding tert-OH is 1. The Morgan fingerprint density at radius 3 is 2.05 bits per heavy atom. The Kier molecular flexibility index (Phi) is 6.04. The van der Waals surface area contributed by atoms with Crippen LogP contribution in [0.25, 0.3) is 0 Å². The van der Waals surface area contributed by atoms with Crippen LogP contribution < -0.4 is 0 Å². The van der Waals surface area contributed by atoms with E-state index in [1.165, 1.54) is 16.7 Å². The molecule has 1 rings (SSSR count). The Hall–Kier alpha value is -0.820. The molecule has 1 unspecified atom stereocenters. The Balaban J connectivity index is 3.20. The summed E-state index contributed by atoms with van der Waals surface area (Å²) in [7, 11) is 0. The highest BCUT2D eigenvalue weighted by Crippen LogP contribution is 2.36. The maximum atomic E-state index is 9.42. The molecule has 21 heavy (non-hydrogen) atoms. The predicted molar refractivity (Wildman–Crippen MR) is 93.0 cm³/mol. The molecule has 0 aliphatic rings. The molecule has 0 spiro atoms. The summed E-state index contributed by atoms with van der Waals surface area (Å²) in [4.78, 5) is 0. The molecule has 1 N–H and O–H groups in total. The van der Waals surface area contributed by atoms with Crippen molar-refractivity contribution >= 4 is 0 Å². The first-order valence-electron chi connectivity index (χ1n) is 8.35. The number of rotatable bonds is 5. The van der Waals surface area contributed by atoms with Crippen LogP contribution in [0.2, 0.25) is 0 Å². The van der Waals surface area contributed by atoms with Gasteiger partial charge in [-0.3, -0.25) is 0 Å². The second-order valence-electron chi connectivity index (χ2n) is 8.34. The second kappa shape index (κ2) is 6.96. The minimum atomic E-state index is 0.153. The van der Waals surface area contributed by atoms with Crippen molar-refractivity contribution in [3.8, 4) is 0 Å². The van der Waals surface area contributed by atoms with E-state index in [0.29, 0.717) is 12.5 Å². The van der Waals surface area contributed by atoms with E-state index < -0.39 is 0 Å². The largest absolute Gasteiger partial charge is 0.396 e. The van der Waals surface area contributed by atoms with Gasteiger partial charge in [0.2, 0.25) is 0 Å². The Morgan fingerprint density at radius 1 is 1.00 bits per heavy atom. The van der Waals surface area contributed by atoms with Gasteiger partial charge in [-0.15, -0.1) is 0 Å². The summed E-state index contributed by atoms with van der Waals surface area (Å²) >= 11 is 0. The normalized spacial score (nSPS) is 14.3. The van der Waals surface area contributed by atoms with Gasteiger partial charge in [0.15, 0.2) is 0 Å². The zero-order chi connectivity index (χ0) is 16.3. The third-order valence-corrected chi connectivity index (χ3v) is 4.37. The summed E-state index contributed by atoms with van der Waals surface area (Å²) in [6.45, 7) is 16.3. The molecule has 0 radical (unpaired) electrons. The molecule has 0 aliphatic carbocycles. The lowest BCUT2D eigenvalue weighted by molar-refractivity contribution is 0.215. The van der Waals surface area contributed by atoms with Gasteiger partial charge in [0, 0.05) is 6.61 Å². The van der Waals surface area contributed by atoms with E-state index in [1.54, 1.807) is 0 Å². The zero-order valence-corrected chi connectivity index (χ0v) is 15.1. The summed E-state index contributed by atoms with van der Waals surface area (Å²) in [5.74, 6) is 0.427. The molecule has 1 aromatic rings. The molecule has 0 heterocycles. The highest BCUT2D eigenvalue weighted by atomic mass is 16.3. The van der Waals surface area contributed by atoms with Crippen molar-refractivity contribution in [1.82, 2.24) is 0 Å². The van der Waals surface area contributed by atoms with Gasteiger partial charge in [-0.05, 0) is 46.3 Å². The number of hydrogen-bond acceptors (Lipinski definition) is 1. The molecule has 0 aliphatic heterocycles. The van der Waals surface area contributed by atoms with Gasteiger partial charge >= 0.3 is 0 Å². The molecule has 0 aromatic heterocycles. The average Bonchev–Trinajstić information content (AvgIpc) is 2.37. The Bertz CT molecular complexity index is 442. The minimum Gasteiger partial charge on any atom is -0.396 e.